The van der Waals surface area contributed by atoms with E-state index in [0.29, 0.717) is 0 Å². The van der Waals surface area contributed by atoms with Gasteiger partial charge in [0.05, 0.1) is 0 Å². The molecular formula is C9H17N3O2. The zero-order valence-electron chi connectivity index (χ0n) is 8.29. The molecule has 2 aliphatic rings. The van der Waals surface area contributed by atoms with Crippen molar-refractivity contribution in [1.82, 2.24) is 15.5 Å². The topological polar surface area (TPSA) is 53.6 Å². The van der Waals surface area contributed by atoms with Crippen molar-refractivity contribution in [3.63, 3.8) is 0 Å². The maximum absolute atomic E-state index is 11.6. The van der Waals surface area contributed by atoms with Crippen LogP contribution in [-0.2, 0) is 4.74 Å². The van der Waals surface area contributed by atoms with Gasteiger partial charge < -0.3 is 20.3 Å². The number of carbonyl (C=O) groups excluding carboxylic acids is 1. The highest BCUT2D eigenvalue weighted by molar-refractivity contribution is 5.68. The van der Waals surface area contributed by atoms with Gasteiger partial charge in [-0.3, -0.25) is 0 Å². The number of amides is 1. The van der Waals surface area contributed by atoms with Gasteiger partial charge in [0.15, 0.2) is 0 Å². The molecule has 0 aliphatic carbocycles. The molecule has 2 N–H and O–H groups in total. The molecule has 0 radical (unpaired) electrons. The first kappa shape index (κ1) is 9.73. The first-order chi connectivity index (χ1) is 6.86. The number of ether oxygens (including phenoxy) is 1. The summed E-state index contributed by atoms with van der Waals surface area (Å²) in [7, 11) is 0. The Morgan fingerprint density at radius 3 is 2.64 bits per heavy atom. The van der Waals surface area contributed by atoms with Crippen LogP contribution in [0.15, 0.2) is 0 Å². The Labute approximate surface area is 83.8 Å². The zero-order chi connectivity index (χ0) is 9.80. The van der Waals surface area contributed by atoms with Gasteiger partial charge in [-0.15, -0.1) is 0 Å². The van der Waals surface area contributed by atoms with Crippen molar-refractivity contribution in [2.75, 3.05) is 39.3 Å². The van der Waals surface area contributed by atoms with Crippen LogP contribution in [0, 0.1) is 0 Å². The smallest absolute Gasteiger partial charge is 0.410 e. The number of nitrogens with one attached hydrogen (secondary N) is 2. The molecular weight excluding hydrogens is 182 g/mol. The van der Waals surface area contributed by atoms with E-state index in [1.54, 1.807) is 4.90 Å². The molecule has 0 aromatic rings. The lowest BCUT2D eigenvalue weighted by atomic mass is 10.3. The number of rotatable bonds is 1. The molecule has 0 aromatic heterocycles. The number of hydrogen-bond donors (Lipinski definition) is 2. The fraction of sp³-hybridized carbons (Fsp3) is 0.889. The number of nitrogens with zero attached hydrogens (tertiary/aromatic N) is 1. The Morgan fingerprint density at radius 1 is 1.21 bits per heavy atom. The van der Waals surface area contributed by atoms with Gasteiger partial charge in [0.25, 0.3) is 0 Å². The van der Waals surface area contributed by atoms with Gasteiger partial charge in [0, 0.05) is 32.7 Å². The van der Waals surface area contributed by atoms with E-state index in [2.05, 4.69) is 10.6 Å². The second-order valence-corrected chi connectivity index (χ2v) is 3.74. The summed E-state index contributed by atoms with van der Waals surface area (Å²) < 4.78 is 5.35. The summed E-state index contributed by atoms with van der Waals surface area (Å²) in [5.74, 6) is 0. The average molecular weight is 199 g/mol. The highest BCUT2D eigenvalue weighted by atomic mass is 16.6. The Bertz CT molecular complexity index is 198. The second-order valence-electron chi connectivity index (χ2n) is 3.74. The molecule has 2 rings (SSSR count). The monoisotopic (exact) mass is 199 g/mol. The number of carbonyl (C=O) groups is 1. The van der Waals surface area contributed by atoms with Crippen molar-refractivity contribution >= 4 is 6.09 Å². The van der Waals surface area contributed by atoms with E-state index in [4.69, 9.17) is 4.74 Å². The summed E-state index contributed by atoms with van der Waals surface area (Å²) in [6.45, 7) is 5.03. The first-order valence-corrected chi connectivity index (χ1v) is 5.23. The fourth-order valence-corrected chi connectivity index (χ4v) is 1.79. The minimum Gasteiger partial charge on any atom is -0.445 e. The van der Waals surface area contributed by atoms with E-state index >= 15 is 0 Å². The number of hydrogen-bond acceptors (Lipinski definition) is 4. The lowest BCUT2D eigenvalue weighted by Crippen LogP contribution is -2.47. The summed E-state index contributed by atoms with van der Waals surface area (Å²) in [4.78, 5) is 13.4. The first-order valence-electron chi connectivity index (χ1n) is 5.23. The molecule has 5 nitrogen and oxygen atoms in total. The van der Waals surface area contributed by atoms with Crippen LogP contribution in [0.1, 0.15) is 6.42 Å². The van der Waals surface area contributed by atoms with Gasteiger partial charge in [-0.05, 0) is 13.0 Å². The summed E-state index contributed by atoms with van der Waals surface area (Å²) in [5.41, 5.74) is 0. The standard InChI is InChI=1S/C9H17N3O2/c13-9(12-5-3-10-4-6-12)14-8-1-2-11-7-8/h8,10-11H,1-7H2. The zero-order valence-corrected chi connectivity index (χ0v) is 8.29. The van der Waals surface area contributed by atoms with Crippen LogP contribution in [0.4, 0.5) is 4.79 Å². The largest absolute Gasteiger partial charge is 0.445 e. The molecule has 0 spiro atoms. The van der Waals surface area contributed by atoms with Crippen LogP contribution in [0.3, 0.4) is 0 Å². The summed E-state index contributed by atoms with van der Waals surface area (Å²) in [6.07, 6.45) is 0.871. The molecule has 14 heavy (non-hydrogen) atoms. The van der Waals surface area contributed by atoms with Gasteiger partial charge in [0.2, 0.25) is 0 Å². The summed E-state index contributed by atoms with van der Waals surface area (Å²) >= 11 is 0. The van der Waals surface area contributed by atoms with Gasteiger partial charge >= 0.3 is 6.09 Å². The Morgan fingerprint density at radius 2 is 2.00 bits per heavy atom. The van der Waals surface area contributed by atoms with E-state index < -0.39 is 0 Å². The Hall–Kier alpha value is -0.810. The van der Waals surface area contributed by atoms with Crippen LogP contribution < -0.4 is 10.6 Å². The third kappa shape index (κ3) is 2.36. The molecule has 0 aromatic carbocycles. The molecule has 80 valence electrons. The minimum absolute atomic E-state index is 0.0809. The normalized spacial score (nSPS) is 27.7. The quantitative estimate of drug-likeness (QED) is 0.591. The maximum atomic E-state index is 11.6. The molecule has 0 bridgehead atoms. The van der Waals surface area contributed by atoms with E-state index in [9.17, 15) is 4.79 Å². The molecule has 2 aliphatic heterocycles. The molecule has 0 saturated carbocycles. The molecule has 2 saturated heterocycles. The summed E-state index contributed by atoms with van der Waals surface area (Å²) in [5, 5.41) is 6.37. The Balaban J connectivity index is 1.75. The predicted molar refractivity (Wildman–Crippen MR) is 52.2 cm³/mol. The van der Waals surface area contributed by atoms with Crippen LogP contribution in [0.25, 0.3) is 0 Å². The third-order valence-corrected chi connectivity index (χ3v) is 2.66. The predicted octanol–water partition coefficient (Wildman–Crippen LogP) is -0.610. The van der Waals surface area contributed by atoms with Gasteiger partial charge in [-0.1, -0.05) is 0 Å². The van der Waals surface area contributed by atoms with E-state index in [1.807, 2.05) is 0 Å². The number of piperazine rings is 1. The molecule has 1 atom stereocenters. The molecule has 5 heteroatoms. The SMILES string of the molecule is O=C(OC1CCNC1)N1CCNCC1. The van der Waals surface area contributed by atoms with Crippen molar-refractivity contribution < 1.29 is 9.53 Å². The van der Waals surface area contributed by atoms with Crippen LogP contribution in [0.5, 0.6) is 0 Å². The molecule has 1 amide bonds. The Kier molecular flexibility index (Phi) is 3.21. The van der Waals surface area contributed by atoms with Crippen molar-refractivity contribution in [2.24, 2.45) is 0 Å². The van der Waals surface area contributed by atoms with Crippen molar-refractivity contribution in [3.05, 3.63) is 0 Å². The third-order valence-electron chi connectivity index (χ3n) is 2.66. The summed E-state index contributed by atoms with van der Waals surface area (Å²) in [6, 6.07) is 0. The van der Waals surface area contributed by atoms with E-state index in [1.165, 1.54) is 0 Å². The van der Waals surface area contributed by atoms with Gasteiger partial charge in [0.1, 0.15) is 6.10 Å². The van der Waals surface area contributed by atoms with Crippen LogP contribution >= 0.6 is 0 Å². The van der Waals surface area contributed by atoms with Gasteiger partial charge in [-0.2, -0.15) is 0 Å². The average Bonchev–Trinajstić information content (AvgIpc) is 2.72. The molecule has 1 unspecified atom stereocenters. The van der Waals surface area contributed by atoms with Crippen molar-refractivity contribution in [2.45, 2.75) is 12.5 Å². The van der Waals surface area contributed by atoms with Crippen LogP contribution in [0.2, 0.25) is 0 Å². The van der Waals surface area contributed by atoms with Crippen molar-refractivity contribution in [1.29, 1.82) is 0 Å². The maximum Gasteiger partial charge on any atom is 0.410 e. The van der Waals surface area contributed by atoms with Crippen LogP contribution in [-0.4, -0.2) is 56.4 Å². The minimum atomic E-state index is -0.153. The van der Waals surface area contributed by atoms with Gasteiger partial charge in [-0.25, -0.2) is 4.79 Å². The van der Waals surface area contributed by atoms with E-state index in [0.717, 1.165) is 45.7 Å². The fourth-order valence-electron chi connectivity index (χ4n) is 1.79. The lowest BCUT2D eigenvalue weighted by Gasteiger charge is -2.27. The van der Waals surface area contributed by atoms with E-state index in [-0.39, 0.29) is 12.2 Å². The highest BCUT2D eigenvalue weighted by Gasteiger charge is 2.23. The molecule has 2 heterocycles. The second kappa shape index (κ2) is 4.61. The highest BCUT2D eigenvalue weighted by Crippen LogP contribution is 2.06. The lowest BCUT2D eigenvalue weighted by molar-refractivity contribution is 0.0669. The molecule has 2 fully saturated rings. The van der Waals surface area contributed by atoms with Crippen molar-refractivity contribution in [3.8, 4) is 0 Å².